The molecule has 17 heavy (non-hydrogen) atoms. The van der Waals surface area contributed by atoms with Crippen molar-refractivity contribution in [3.05, 3.63) is 22.8 Å². The zero-order valence-corrected chi connectivity index (χ0v) is 11.2. The van der Waals surface area contributed by atoms with Gasteiger partial charge in [0.05, 0.1) is 0 Å². The molecule has 2 heteroatoms. The highest BCUT2D eigenvalue weighted by molar-refractivity contribution is 5.52. The second-order valence-electron chi connectivity index (χ2n) is 4.60. The Bertz CT molecular complexity index is 339. The number of hydrogen-bond donors (Lipinski definition) is 2. The van der Waals surface area contributed by atoms with Gasteiger partial charge in [0.1, 0.15) is 11.5 Å². The van der Waals surface area contributed by atoms with Crippen LogP contribution in [0.25, 0.3) is 0 Å². The van der Waals surface area contributed by atoms with E-state index in [1.807, 2.05) is 0 Å². The average Bonchev–Trinajstić information content (AvgIpc) is 2.29. The van der Waals surface area contributed by atoms with Gasteiger partial charge in [-0.2, -0.15) is 0 Å². The van der Waals surface area contributed by atoms with Crippen LogP contribution in [0.4, 0.5) is 0 Å². The van der Waals surface area contributed by atoms with Crippen LogP contribution in [0.5, 0.6) is 11.5 Å². The lowest BCUT2D eigenvalue weighted by atomic mass is 9.91. The largest absolute Gasteiger partial charge is 0.508 e. The first-order valence-electron chi connectivity index (χ1n) is 6.71. The number of phenolic OH excluding ortho intramolecular Hbond substituents is 2. The Balaban J connectivity index is 3.30. The van der Waals surface area contributed by atoms with Crippen LogP contribution < -0.4 is 0 Å². The topological polar surface area (TPSA) is 40.5 Å². The molecule has 0 spiro atoms. The summed E-state index contributed by atoms with van der Waals surface area (Å²) < 4.78 is 0. The summed E-state index contributed by atoms with van der Waals surface area (Å²) in [6, 6.07) is 1.51. The van der Waals surface area contributed by atoms with Crippen LogP contribution in [0.3, 0.4) is 0 Å². The third kappa shape index (κ3) is 3.15. The second kappa shape index (κ2) is 6.53. The standard InChI is InChI=1S/C15H24O2/c1-4-7-11-12(8-5-2)14(16)10-15(17)13(11)9-6-3/h10,16-17H,4-9H2,1-3H3. The second-order valence-corrected chi connectivity index (χ2v) is 4.60. The predicted molar refractivity (Wildman–Crippen MR) is 71.8 cm³/mol. The SMILES string of the molecule is CCCc1c(O)cc(O)c(CCC)c1CCC. The lowest BCUT2D eigenvalue weighted by Gasteiger charge is -2.17. The van der Waals surface area contributed by atoms with Crippen molar-refractivity contribution < 1.29 is 10.2 Å². The smallest absolute Gasteiger partial charge is 0.122 e. The molecule has 0 radical (unpaired) electrons. The van der Waals surface area contributed by atoms with Crippen LogP contribution >= 0.6 is 0 Å². The first-order chi connectivity index (χ1) is 8.15. The van der Waals surface area contributed by atoms with E-state index in [-0.39, 0.29) is 11.5 Å². The molecule has 2 nitrogen and oxygen atoms in total. The highest BCUT2D eigenvalue weighted by Gasteiger charge is 2.15. The molecule has 0 fully saturated rings. The molecule has 0 aliphatic rings. The van der Waals surface area contributed by atoms with Crippen molar-refractivity contribution in [1.82, 2.24) is 0 Å². The van der Waals surface area contributed by atoms with E-state index in [2.05, 4.69) is 20.8 Å². The van der Waals surface area contributed by atoms with Gasteiger partial charge in [-0.15, -0.1) is 0 Å². The lowest BCUT2D eigenvalue weighted by Crippen LogP contribution is -2.01. The molecule has 0 bridgehead atoms. The van der Waals surface area contributed by atoms with Crippen molar-refractivity contribution in [2.45, 2.75) is 59.3 Å². The minimum absolute atomic E-state index is 0.257. The summed E-state index contributed by atoms with van der Waals surface area (Å²) >= 11 is 0. The van der Waals surface area contributed by atoms with Gasteiger partial charge in [0.15, 0.2) is 0 Å². The Kier molecular flexibility index (Phi) is 5.33. The summed E-state index contributed by atoms with van der Waals surface area (Å²) in [6.45, 7) is 6.36. The van der Waals surface area contributed by atoms with E-state index in [9.17, 15) is 10.2 Å². The lowest BCUT2D eigenvalue weighted by molar-refractivity contribution is 0.438. The maximum Gasteiger partial charge on any atom is 0.122 e. The molecule has 0 unspecified atom stereocenters. The quantitative estimate of drug-likeness (QED) is 0.785. The van der Waals surface area contributed by atoms with Gasteiger partial charge in [-0.25, -0.2) is 0 Å². The Labute approximate surface area is 104 Å². The summed E-state index contributed by atoms with van der Waals surface area (Å²) in [7, 11) is 0. The average molecular weight is 236 g/mol. The first kappa shape index (κ1) is 13.9. The number of aromatic hydroxyl groups is 2. The van der Waals surface area contributed by atoms with Gasteiger partial charge in [0, 0.05) is 6.07 Å². The van der Waals surface area contributed by atoms with E-state index in [4.69, 9.17) is 0 Å². The van der Waals surface area contributed by atoms with E-state index >= 15 is 0 Å². The molecule has 2 N–H and O–H groups in total. The molecular weight excluding hydrogens is 212 g/mol. The Morgan fingerprint density at radius 1 is 0.706 bits per heavy atom. The van der Waals surface area contributed by atoms with Crippen molar-refractivity contribution in [3.63, 3.8) is 0 Å². The van der Waals surface area contributed by atoms with Gasteiger partial charge in [-0.3, -0.25) is 0 Å². The van der Waals surface area contributed by atoms with Gasteiger partial charge >= 0.3 is 0 Å². The molecule has 1 rings (SSSR count). The van der Waals surface area contributed by atoms with Crippen LogP contribution in [-0.2, 0) is 19.3 Å². The number of benzene rings is 1. The van der Waals surface area contributed by atoms with Gasteiger partial charge in [-0.1, -0.05) is 40.0 Å². The third-order valence-corrected chi connectivity index (χ3v) is 3.12. The highest BCUT2D eigenvalue weighted by Crippen LogP contribution is 2.34. The van der Waals surface area contributed by atoms with E-state index in [1.165, 1.54) is 11.6 Å². The molecular formula is C15H24O2. The summed E-state index contributed by atoms with van der Waals surface area (Å²) in [5.74, 6) is 0.514. The fourth-order valence-electron chi connectivity index (χ4n) is 2.40. The normalized spacial score (nSPS) is 10.8. The Morgan fingerprint density at radius 3 is 1.41 bits per heavy atom. The van der Waals surface area contributed by atoms with E-state index < -0.39 is 0 Å². The monoisotopic (exact) mass is 236 g/mol. The van der Waals surface area contributed by atoms with Crippen LogP contribution in [0.2, 0.25) is 0 Å². The summed E-state index contributed by atoms with van der Waals surface area (Å²) in [6.07, 6.45) is 5.78. The number of rotatable bonds is 6. The van der Waals surface area contributed by atoms with Crippen LogP contribution in [-0.4, -0.2) is 10.2 Å². The highest BCUT2D eigenvalue weighted by atomic mass is 16.3. The predicted octanol–water partition coefficient (Wildman–Crippen LogP) is 3.96. The van der Waals surface area contributed by atoms with Crippen molar-refractivity contribution in [2.24, 2.45) is 0 Å². The van der Waals surface area contributed by atoms with Gasteiger partial charge in [0.2, 0.25) is 0 Å². The van der Waals surface area contributed by atoms with E-state index in [0.717, 1.165) is 49.7 Å². The Morgan fingerprint density at radius 2 is 1.06 bits per heavy atom. The fourth-order valence-corrected chi connectivity index (χ4v) is 2.40. The molecule has 0 saturated carbocycles. The maximum atomic E-state index is 9.96. The van der Waals surface area contributed by atoms with Gasteiger partial charge < -0.3 is 10.2 Å². The molecule has 0 saturated heterocycles. The summed E-state index contributed by atoms with van der Waals surface area (Å²) in [5.41, 5.74) is 3.25. The molecule has 1 aromatic rings. The fraction of sp³-hybridized carbons (Fsp3) is 0.600. The van der Waals surface area contributed by atoms with Crippen LogP contribution in [0, 0.1) is 0 Å². The van der Waals surface area contributed by atoms with Crippen molar-refractivity contribution >= 4 is 0 Å². The van der Waals surface area contributed by atoms with Crippen molar-refractivity contribution in [1.29, 1.82) is 0 Å². The van der Waals surface area contributed by atoms with Crippen molar-refractivity contribution in [2.75, 3.05) is 0 Å². The molecule has 0 aromatic heterocycles. The third-order valence-electron chi connectivity index (χ3n) is 3.12. The van der Waals surface area contributed by atoms with Gasteiger partial charge in [0.25, 0.3) is 0 Å². The zero-order valence-electron chi connectivity index (χ0n) is 11.2. The van der Waals surface area contributed by atoms with Crippen LogP contribution in [0.1, 0.15) is 56.7 Å². The Hall–Kier alpha value is -1.18. The minimum Gasteiger partial charge on any atom is -0.508 e. The maximum absolute atomic E-state index is 9.96. The zero-order chi connectivity index (χ0) is 12.8. The molecule has 1 aromatic carbocycles. The molecule has 0 aliphatic carbocycles. The van der Waals surface area contributed by atoms with Crippen molar-refractivity contribution in [3.8, 4) is 11.5 Å². The van der Waals surface area contributed by atoms with Crippen LogP contribution in [0.15, 0.2) is 6.07 Å². The molecule has 96 valence electrons. The number of hydrogen-bond acceptors (Lipinski definition) is 2. The van der Waals surface area contributed by atoms with Gasteiger partial charge in [-0.05, 0) is 36.0 Å². The molecule has 0 amide bonds. The van der Waals surface area contributed by atoms with E-state index in [0.29, 0.717) is 0 Å². The molecule has 0 atom stereocenters. The first-order valence-corrected chi connectivity index (χ1v) is 6.71. The minimum atomic E-state index is 0.257. The molecule has 0 heterocycles. The van der Waals surface area contributed by atoms with E-state index in [1.54, 1.807) is 0 Å². The number of phenols is 2. The molecule has 0 aliphatic heterocycles. The summed E-state index contributed by atoms with van der Waals surface area (Å²) in [5, 5.41) is 19.9. The summed E-state index contributed by atoms with van der Waals surface area (Å²) in [4.78, 5) is 0.